The summed E-state index contributed by atoms with van der Waals surface area (Å²) in [7, 11) is 0. The highest BCUT2D eigenvalue weighted by Gasteiger charge is 2.20. The second-order valence-corrected chi connectivity index (χ2v) is 6.79. The summed E-state index contributed by atoms with van der Waals surface area (Å²) in [5, 5.41) is 3.51. The fraction of sp³-hybridized carbons (Fsp3) is 0.533. The average Bonchev–Trinajstić information content (AvgIpc) is 2.39. The van der Waals surface area contributed by atoms with E-state index in [1.807, 2.05) is 6.07 Å². The highest BCUT2D eigenvalue weighted by atomic mass is 79.9. The SMILES string of the molecule is CC1CCCC(CNC(=O)c2cc(Br)ccc2Cl)C1. The lowest BCUT2D eigenvalue weighted by Gasteiger charge is -2.26. The smallest absolute Gasteiger partial charge is 0.252 e. The fourth-order valence-corrected chi connectivity index (χ4v) is 3.31. The van der Waals surface area contributed by atoms with Crippen LogP contribution in [-0.4, -0.2) is 12.5 Å². The third-order valence-corrected chi connectivity index (χ3v) is 4.59. The quantitative estimate of drug-likeness (QED) is 0.849. The lowest BCUT2D eigenvalue weighted by molar-refractivity contribution is 0.0941. The molecule has 4 heteroatoms. The first-order chi connectivity index (χ1) is 9.06. The molecule has 1 aromatic carbocycles. The van der Waals surface area contributed by atoms with Crippen LogP contribution in [0.5, 0.6) is 0 Å². The van der Waals surface area contributed by atoms with Crippen LogP contribution in [0.2, 0.25) is 5.02 Å². The number of carbonyl (C=O) groups excluding carboxylic acids is 1. The predicted molar refractivity (Wildman–Crippen MR) is 82.6 cm³/mol. The maximum atomic E-state index is 12.1. The van der Waals surface area contributed by atoms with Crippen LogP contribution in [0, 0.1) is 11.8 Å². The molecule has 0 heterocycles. The fourth-order valence-electron chi connectivity index (χ4n) is 2.75. The van der Waals surface area contributed by atoms with Crippen molar-refractivity contribution < 1.29 is 4.79 Å². The van der Waals surface area contributed by atoms with E-state index in [1.165, 1.54) is 25.7 Å². The van der Waals surface area contributed by atoms with Gasteiger partial charge in [-0.15, -0.1) is 0 Å². The number of nitrogens with one attached hydrogen (secondary N) is 1. The number of carbonyl (C=O) groups is 1. The molecule has 19 heavy (non-hydrogen) atoms. The van der Waals surface area contributed by atoms with E-state index in [-0.39, 0.29) is 5.91 Å². The summed E-state index contributed by atoms with van der Waals surface area (Å²) in [5.74, 6) is 1.31. The van der Waals surface area contributed by atoms with Gasteiger partial charge >= 0.3 is 0 Å². The minimum absolute atomic E-state index is 0.0791. The van der Waals surface area contributed by atoms with Crippen molar-refractivity contribution in [1.29, 1.82) is 0 Å². The molecule has 0 saturated heterocycles. The Labute approximate surface area is 128 Å². The summed E-state index contributed by atoms with van der Waals surface area (Å²) in [6.07, 6.45) is 5.03. The van der Waals surface area contributed by atoms with Crippen LogP contribution in [0.15, 0.2) is 22.7 Å². The van der Waals surface area contributed by atoms with Gasteiger partial charge in [-0.3, -0.25) is 4.79 Å². The first kappa shape index (κ1) is 14.9. The van der Waals surface area contributed by atoms with Gasteiger partial charge in [0.15, 0.2) is 0 Å². The van der Waals surface area contributed by atoms with E-state index in [0.29, 0.717) is 16.5 Å². The van der Waals surface area contributed by atoms with E-state index in [2.05, 4.69) is 28.2 Å². The first-order valence-electron chi connectivity index (χ1n) is 6.79. The van der Waals surface area contributed by atoms with Gasteiger partial charge in [-0.2, -0.15) is 0 Å². The molecule has 0 radical (unpaired) electrons. The van der Waals surface area contributed by atoms with Gasteiger partial charge < -0.3 is 5.32 Å². The predicted octanol–water partition coefficient (Wildman–Crippen LogP) is 4.66. The summed E-state index contributed by atoms with van der Waals surface area (Å²) in [4.78, 5) is 12.1. The zero-order chi connectivity index (χ0) is 13.8. The molecule has 0 aromatic heterocycles. The Morgan fingerprint density at radius 3 is 3.00 bits per heavy atom. The van der Waals surface area contributed by atoms with Crippen molar-refractivity contribution in [2.45, 2.75) is 32.6 Å². The van der Waals surface area contributed by atoms with Crippen LogP contribution in [0.3, 0.4) is 0 Å². The van der Waals surface area contributed by atoms with Crippen molar-refractivity contribution >= 4 is 33.4 Å². The molecule has 2 atom stereocenters. The van der Waals surface area contributed by atoms with Gasteiger partial charge in [-0.1, -0.05) is 47.3 Å². The normalized spacial score (nSPS) is 23.1. The molecule has 2 nitrogen and oxygen atoms in total. The zero-order valence-corrected chi connectivity index (χ0v) is 13.4. The van der Waals surface area contributed by atoms with Crippen molar-refractivity contribution in [3.05, 3.63) is 33.3 Å². The highest BCUT2D eigenvalue weighted by molar-refractivity contribution is 9.10. The number of rotatable bonds is 3. The van der Waals surface area contributed by atoms with E-state index in [9.17, 15) is 4.79 Å². The molecule has 104 valence electrons. The van der Waals surface area contributed by atoms with Crippen LogP contribution < -0.4 is 5.32 Å². The van der Waals surface area contributed by atoms with Gasteiger partial charge in [0.05, 0.1) is 10.6 Å². The Bertz CT molecular complexity index is 463. The van der Waals surface area contributed by atoms with Gasteiger partial charge in [0.1, 0.15) is 0 Å². The molecule has 1 fully saturated rings. The molecule has 2 rings (SSSR count). The van der Waals surface area contributed by atoms with Gasteiger partial charge in [0.25, 0.3) is 5.91 Å². The summed E-state index contributed by atoms with van der Waals surface area (Å²) < 4.78 is 0.869. The summed E-state index contributed by atoms with van der Waals surface area (Å²) in [6.45, 7) is 3.05. The summed E-state index contributed by atoms with van der Waals surface area (Å²) >= 11 is 9.42. The van der Waals surface area contributed by atoms with Gasteiger partial charge in [0, 0.05) is 11.0 Å². The molecule has 0 aliphatic heterocycles. The molecular weight excluding hydrogens is 326 g/mol. The summed E-state index contributed by atoms with van der Waals surface area (Å²) in [5.41, 5.74) is 0.542. The lowest BCUT2D eigenvalue weighted by Crippen LogP contribution is -2.31. The Morgan fingerprint density at radius 2 is 2.26 bits per heavy atom. The molecular formula is C15H19BrClNO. The van der Waals surface area contributed by atoms with E-state index in [1.54, 1.807) is 12.1 Å². The highest BCUT2D eigenvalue weighted by Crippen LogP contribution is 2.28. The molecule has 1 aromatic rings. The Kier molecular flexibility index (Phi) is 5.28. The number of halogens is 2. The second kappa shape index (κ2) is 6.76. The van der Waals surface area contributed by atoms with Crippen molar-refractivity contribution in [3.8, 4) is 0 Å². The minimum Gasteiger partial charge on any atom is -0.352 e. The first-order valence-corrected chi connectivity index (χ1v) is 7.96. The van der Waals surface area contributed by atoms with E-state index in [4.69, 9.17) is 11.6 Å². The van der Waals surface area contributed by atoms with E-state index >= 15 is 0 Å². The number of hydrogen-bond acceptors (Lipinski definition) is 1. The molecule has 0 spiro atoms. The molecule has 1 saturated carbocycles. The van der Waals surface area contributed by atoms with Crippen LogP contribution in [0.4, 0.5) is 0 Å². The molecule has 0 bridgehead atoms. The third kappa shape index (κ3) is 4.22. The van der Waals surface area contributed by atoms with Gasteiger partial charge in [-0.25, -0.2) is 0 Å². The molecule has 1 aliphatic carbocycles. The molecule has 1 aliphatic rings. The van der Waals surface area contributed by atoms with Gasteiger partial charge in [0.2, 0.25) is 0 Å². The third-order valence-electron chi connectivity index (χ3n) is 3.77. The number of hydrogen-bond donors (Lipinski definition) is 1. The van der Waals surface area contributed by atoms with Crippen molar-refractivity contribution in [3.63, 3.8) is 0 Å². The average molecular weight is 345 g/mol. The van der Waals surface area contributed by atoms with Gasteiger partial charge in [-0.05, 0) is 42.9 Å². The molecule has 1 amide bonds. The van der Waals surface area contributed by atoms with Crippen LogP contribution in [0.1, 0.15) is 43.0 Å². The maximum absolute atomic E-state index is 12.1. The topological polar surface area (TPSA) is 29.1 Å². The number of amides is 1. The van der Waals surface area contributed by atoms with Crippen molar-refractivity contribution in [2.75, 3.05) is 6.54 Å². The molecule has 2 unspecified atom stereocenters. The lowest BCUT2D eigenvalue weighted by atomic mass is 9.82. The van der Waals surface area contributed by atoms with Crippen LogP contribution in [-0.2, 0) is 0 Å². The minimum atomic E-state index is -0.0791. The Balaban J connectivity index is 1.92. The van der Waals surface area contributed by atoms with Crippen molar-refractivity contribution in [1.82, 2.24) is 5.32 Å². The van der Waals surface area contributed by atoms with Crippen molar-refractivity contribution in [2.24, 2.45) is 11.8 Å². The Hall–Kier alpha value is -0.540. The standard InChI is InChI=1S/C15H19BrClNO/c1-10-3-2-4-11(7-10)9-18-15(19)13-8-12(16)5-6-14(13)17/h5-6,8,10-11H,2-4,7,9H2,1H3,(H,18,19). The van der Waals surface area contributed by atoms with E-state index in [0.717, 1.165) is 16.9 Å². The number of benzene rings is 1. The van der Waals surface area contributed by atoms with E-state index < -0.39 is 0 Å². The largest absolute Gasteiger partial charge is 0.352 e. The molecule has 1 N–H and O–H groups in total. The monoisotopic (exact) mass is 343 g/mol. The maximum Gasteiger partial charge on any atom is 0.252 e. The second-order valence-electron chi connectivity index (χ2n) is 5.47. The van der Waals surface area contributed by atoms with Crippen LogP contribution >= 0.6 is 27.5 Å². The Morgan fingerprint density at radius 1 is 1.47 bits per heavy atom. The zero-order valence-electron chi connectivity index (χ0n) is 11.1. The van der Waals surface area contributed by atoms with Crippen LogP contribution in [0.25, 0.3) is 0 Å². The summed E-state index contributed by atoms with van der Waals surface area (Å²) in [6, 6.07) is 5.34.